The van der Waals surface area contributed by atoms with Crippen molar-refractivity contribution in [3.63, 3.8) is 0 Å². The van der Waals surface area contributed by atoms with E-state index in [1.807, 2.05) is 0 Å². The maximum absolute atomic E-state index is 11.6. The number of aliphatic hydroxyl groups is 1. The van der Waals surface area contributed by atoms with Crippen LogP contribution in [0.25, 0.3) is 0 Å². The molecule has 3 N–H and O–H groups in total. The molecule has 1 atom stereocenters. The van der Waals surface area contributed by atoms with E-state index >= 15 is 0 Å². The van der Waals surface area contributed by atoms with Crippen molar-refractivity contribution in [2.75, 3.05) is 6.61 Å². The minimum atomic E-state index is -1.16. The molecule has 1 heterocycles. The summed E-state index contributed by atoms with van der Waals surface area (Å²) in [7, 11) is 0. The van der Waals surface area contributed by atoms with Crippen LogP contribution in [0.5, 0.6) is 0 Å². The van der Waals surface area contributed by atoms with E-state index in [-0.39, 0.29) is 13.0 Å². The van der Waals surface area contributed by atoms with Gasteiger partial charge in [0.2, 0.25) is 0 Å². The number of nitrogens with one attached hydrogen (secondary N) is 1. The molecule has 0 radical (unpaired) electrons. The third-order valence-corrected chi connectivity index (χ3v) is 3.36. The monoisotopic (exact) mass is 307 g/mol. The number of hydrogen-bond acceptors (Lipinski definition) is 4. The molecule has 5 nitrogen and oxygen atoms in total. The van der Waals surface area contributed by atoms with Gasteiger partial charge in [-0.1, -0.05) is 0 Å². The second-order valence-corrected chi connectivity index (χ2v) is 5.31. The Morgan fingerprint density at radius 2 is 2.25 bits per heavy atom. The summed E-state index contributed by atoms with van der Waals surface area (Å²) in [6.45, 7) is -0.287. The van der Waals surface area contributed by atoms with Gasteiger partial charge >= 0.3 is 5.97 Å². The highest BCUT2D eigenvalue weighted by molar-refractivity contribution is 9.11. The van der Waals surface area contributed by atoms with Gasteiger partial charge in [-0.05, 0) is 22.0 Å². The van der Waals surface area contributed by atoms with Crippen molar-refractivity contribution in [1.82, 2.24) is 5.32 Å². The molecule has 0 aliphatic carbocycles. The van der Waals surface area contributed by atoms with E-state index in [1.165, 1.54) is 11.3 Å². The van der Waals surface area contributed by atoms with E-state index in [0.29, 0.717) is 5.56 Å². The molecule has 0 spiro atoms. The van der Waals surface area contributed by atoms with E-state index in [9.17, 15) is 9.59 Å². The van der Waals surface area contributed by atoms with E-state index in [4.69, 9.17) is 10.2 Å². The Morgan fingerprint density at radius 3 is 2.69 bits per heavy atom. The van der Waals surface area contributed by atoms with Gasteiger partial charge in [0.05, 0.1) is 9.35 Å². The zero-order valence-corrected chi connectivity index (χ0v) is 10.5. The number of rotatable bonds is 5. The first-order chi connectivity index (χ1) is 7.54. The number of amides is 1. The summed E-state index contributed by atoms with van der Waals surface area (Å²) in [4.78, 5) is 22.3. The van der Waals surface area contributed by atoms with Crippen molar-refractivity contribution in [2.24, 2.45) is 0 Å². The molecule has 0 aliphatic rings. The van der Waals surface area contributed by atoms with Gasteiger partial charge in [0, 0.05) is 18.4 Å². The van der Waals surface area contributed by atoms with Crippen LogP contribution in [0.4, 0.5) is 0 Å². The predicted molar refractivity (Wildman–Crippen MR) is 62.6 cm³/mol. The molecule has 1 rings (SSSR count). The summed E-state index contributed by atoms with van der Waals surface area (Å²) in [5.74, 6) is -1.61. The quantitative estimate of drug-likeness (QED) is 0.759. The lowest BCUT2D eigenvalue weighted by atomic mass is 10.2. The Kier molecular flexibility index (Phi) is 4.91. The van der Waals surface area contributed by atoms with Crippen LogP contribution in [-0.2, 0) is 4.79 Å². The molecule has 0 aliphatic heterocycles. The molecule has 0 unspecified atom stereocenters. The molecule has 0 fully saturated rings. The fourth-order valence-corrected chi connectivity index (χ4v) is 2.19. The summed E-state index contributed by atoms with van der Waals surface area (Å²) in [5.41, 5.74) is 0.404. The minimum Gasteiger partial charge on any atom is -0.480 e. The highest BCUT2D eigenvalue weighted by atomic mass is 79.9. The van der Waals surface area contributed by atoms with Gasteiger partial charge in [0.1, 0.15) is 6.04 Å². The lowest BCUT2D eigenvalue weighted by Crippen LogP contribution is -2.41. The summed E-state index contributed by atoms with van der Waals surface area (Å²) >= 11 is 4.55. The molecular weight excluding hydrogens is 298 g/mol. The number of carbonyl (C=O) groups excluding carboxylic acids is 1. The first-order valence-electron chi connectivity index (χ1n) is 4.43. The van der Waals surface area contributed by atoms with Gasteiger partial charge in [-0.15, -0.1) is 11.3 Å². The highest BCUT2D eigenvalue weighted by Gasteiger charge is 2.20. The maximum Gasteiger partial charge on any atom is 0.326 e. The SMILES string of the molecule is O=C(N[C@H](CCO)C(=O)O)c1csc(Br)c1. The Hall–Kier alpha value is -0.920. The molecule has 1 aromatic heterocycles. The van der Waals surface area contributed by atoms with Gasteiger partial charge in [-0.3, -0.25) is 4.79 Å². The van der Waals surface area contributed by atoms with Gasteiger partial charge in [0.15, 0.2) is 0 Å². The van der Waals surface area contributed by atoms with Crippen molar-refractivity contribution in [3.8, 4) is 0 Å². The van der Waals surface area contributed by atoms with Gasteiger partial charge in [-0.2, -0.15) is 0 Å². The lowest BCUT2D eigenvalue weighted by Gasteiger charge is -2.12. The van der Waals surface area contributed by atoms with Crippen molar-refractivity contribution in [3.05, 3.63) is 20.8 Å². The number of aliphatic carboxylic acids is 1. The molecule has 1 aromatic rings. The molecule has 0 aromatic carbocycles. The fourth-order valence-electron chi connectivity index (χ4n) is 1.06. The van der Waals surface area contributed by atoms with Crippen LogP contribution in [-0.4, -0.2) is 34.7 Å². The normalized spacial score (nSPS) is 12.1. The number of carbonyl (C=O) groups is 2. The summed E-state index contributed by atoms with van der Waals surface area (Å²) < 4.78 is 0.798. The smallest absolute Gasteiger partial charge is 0.326 e. The van der Waals surface area contributed by atoms with Crippen LogP contribution in [0.2, 0.25) is 0 Å². The zero-order chi connectivity index (χ0) is 12.1. The van der Waals surface area contributed by atoms with Crippen molar-refractivity contribution in [1.29, 1.82) is 0 Å². The number of carboxylic acids is 1. The number of halogens is 1. The predicted octanol–water partition coefficient (Wildman–Crippen LogP) is 1.08. The summed E-state index contributed by atoms with van der Waals surface area (Å²) in [5, 5.41) is 21.4. The molecule has 1 amide bonds. The van der Waals surface area contributed by atoms with Gasteiger partial charge in [-0.25, -0.2) is 4.79 Å². The van der Waals surface area contributed by atoms with Crippen LogP contribution >= 0.6 is 27.3 Å². The van der Waals surface area contributed by atoms with Crippen LogP contribution in [0.15, 0.2) is 15.2 Å². The topological polar surface area (TPSA) is 86.6 Å². The largest absolute Gasteiger partial charge is 0.480 e. The highest BCUT2D eigenvalue weighted by Crippen LogP contribution is 2.20. The van der Waals surface area contributed by atoms with Crippen LogP contribution < -0.4 is 5.32 Å². The van der Waals surface area contributed by atoms with Crippen LogP contribution in [0.1, 0.15) is 16.8 Å². The number of thiophene rings is 1. The molecule has 0 saturated carbocycles. The van der Waals surface area contributed by atoms with Crippen molar-refractivity contribution >= 4 is 39.1 Å². The first-order valence-corrected chi connectivity index (χ1v) is 6.10. The van der Waals surface area contributed by atoms with Gasteiger partial charge in [0.25, 0.3) is 5.91 Å². The Bertz CT molecular complexity index is 393. The average molecular weight is 308 g/mol. The molecular formula is C9H10BrNO4S. The second kappa shape index (κ2) is 5.97. The maximum atomic E-state index is 11.6. The lowest BCUT2D eigenvalue weighted by molar-refractivity contribution is -0.139. The fraction of sp³-hybridized carbons (Fsp3) is 0.333. The van der Waals surface area contributed by atoms with E-state index < -0.39 is 17.9 Å². The van der Waals surface area contributed by atoms with Crippen molar-refractivity contribution in [2.45, 2.75) is 12.5 Å². The Labute approximate surface area is 104 Å². The first kappa shape index (κ1) is 13.1. The molecule has 0 saturated heterocycles. The third kappa shape index (κ3) is 3.58. The third-order valence-electron chi connectivity index (χ3n) is 1.85. The van der Waals surface area contributed by atoms with E-state index in [1.54, 1.807) is 11.4 Å². The Balaban J connectivity index is 2.65. The van der Waals surface area contributed by atoms with Crippen LogP contribution in [0.3, 0.4) is 0 Å². The summed E-state index contributed by atoms with van der Waals surface area (Å²) in [6.07, 6.45) is -0.00756. The number of aliphatic hydroxyl groups excluding tert-OH is 1. The molecule has 7 heteroatoms. The summed E-state index contributed by atoms with van der Waals surface area (Å²) in [6, 6.07) is 0.550. The van der Waals surface area contributed by atoms with E-state index in [0.717, 1.165) is 3.79 Å². The number of hydrogen-bond donors (Lipinski definition) is 3. The zero-order valence-electron chi connectivity index (χ0n) is 8.14. The minimum absolute atomic E-state index is 0.00756. The molecule has 88 valence electrons. The Morgan fingerprint density at radius 1 is 1.56 bits per heavy atom. The standard InChI is InChI=1S/C9H10BrNO4S/c10-7-3-5(4-16-7)8(13)11-6(1-2-12)9(14)15/h3-4,6,12H,1-2H2,(H,11,13)(H,14,15)/t6-/m1/s1. The number of carboxylic acid groups (broad SMARTS) is 1. The van der Waals surface area contributed by atoms with Crippen LogP contribution in [0, 0.1) is 0 Å². The average Bonchev–Trinajstić information content (AvgIpc) is 2.64. The van der Waals surface area contributed by atoms with Gasteiger partial charge < -0.3 is 15.5 Å². The molecule has 16 heavy (non-hydrogen) atoms. The molecule has 0 bridgehead atoms. The van der Waals surface area contributed by atoms with E-state index in [2.05, 4.69) is 21.2 Å². The second-order valence-electron chi connectivity index (χ2n) is 3.02. The van der Waals surface area contributed by atoms with Crippen molar-refractivity contribution < 1.29 is 19.8 Å².